The first kappa shape index (κ1) is 19.3. The molecule has 0 radical (unpaired) electrons. The number of hydrogen-bond donors (Lipinski definition) is 1. The van der Waals surface area contributed by atoms with E-state index in [1.165, 1.54) is 26.8 Å². The number of thiophene rings is 1. The van der Waals surface area contributed by atoms with Gasteiger partial charge in [0, 0.05) is 17.8 Å². The fourth-order valence-corrected chi connectivity index (χ4v) is 5.30. The molecule has 4 rings (SSSR count). The lowest BCUT2D eigenvalue weighted by Gasteiger charge is -2.32. The molecular formula is C25H25NS2. The molecule has 0 N–H and O–H groups in total. The normalized spacial score (nSPS) is 13.7. The Kier molecular flexibility index (Phi) is 5.86. The van der Waals surface area contributed by atoms with E-state index in [4.69, 9.17) is 12.6 Å². The Balaban J connectivity index is 1.64. The van der Waals surface area contributed by atoms with Crippen LogP contribution in [0.4, 0.5) is 0 Å². The van der Waals surface area contributed by atoms with Crippen LogP contribution in [0, 0.1) is 0 Å². The Bertz CT molecular complexity index is 1030. The van der Waals surface area contributed by atoms with Crippen molar-refractivity contribution in [3.63, 3.8) is 0 Å². The highest BCUT2D eigenvalue weighted by atomic mass is 32.1. The first-order valence-corrected chi connectivity index (χ1v) is 11.0. The zero-order chi connectivity index (χ0) is 19.4. The van der Waals surface area contributed by atoms with Crippen molar-refractivity contribution in [1.29, 1.82) is 0 Å². The van der Waals surface area contributed by atoms with Crippen molar-refractivity contribution in [3.05, 3.63) is 107 Å². The smallest absolute Gasteiger partial charge is 0.0652 e. The molecule has 1 atom stereocenters. The third-order valence-electron chi connectivity index (χ3n) is 5.33. The summed E-state index contributed by atoms with van der Waals surface area (Å²) in [4.78, 5) is 2.39. The van der Waals surface area contributed by atoms with E-state index in [0.29, 0.717) is 0 Å². The van der Waals surface area contributed by atoms with Crippen molar-refractivity contribution in [2.45, 2.75) is 17.7 Å². The van der Waals surface area contributed by atoms with E-state index < -0.39 is 0 Å². The van der Waals surface area contributed by atoms with Gasteiger partial charge in [-0.3, -0.25) is 0 Å². The van der Waals surface area contributed by atoms with Gasteiger partial charge in [0.25, 0.3) is 0 Å². The van der Waals surface area contributed by atoms with Crippen molar-refractivity contribution in [2.75, 3.05) is 13.6 Å². The van der Waals surface area contributed by atoms with E-state index in [-0.39, 0.29) is 4.75 Å². The van der Waals surface area contributed by atoms with Crippen LogP contribution in [0.5, 0.6) is 0 Å². The summed E-state index contributed by atoms with van der Waals surface area (Å²) in [6.45, 7) is 1.91. The molecule has 0 aliphatic heterocycles. The predicted molar refractivity (Wildman–Crippen MR) is 125 cm³/mol. The molecular weight excluding hydrogens is 378 g/mol. The average molecular weight is 404 g/mol. The summed E-state index contributed by atoms with van der Waals surface area (Å²) in [5, 5.41) is 3.48. The highest BCUT2D eigenvalue weighted by Gasteiger charge is 2.32. The van der Waals surface area contributed by atoms with Crippen LogP contribution in [-0.4, -0.2) is 18.5 Å². The summed E-state index contributed by atoms with van der Waals surface area (Å²) >= 11 is 7.14. The minimum absolute atomic E-state index is 0.323. The van der Waals surface area contributed by atoms with Gasteiger partial charge in [0.05, 0.1) is 4.75 Å². The largest absolute Gasteiger partial charge is 0.302 e. The Labute approximate surface area is 177 Å². The minimum Gasteiger partial charge on any atom is -0.302 e. The van der Waals surface area contributed by atoms with Gasteiger partial charge >= 0.3 is 0 Å². The molecule has 1 unspecified atom stereocenters. The van der Waals surface area contributed by atoms with Crippen LogP contribution in [0.15, 0.2) is 90.3 Å². The molecule has 28 heavy (non-hydrogen) atoms. The van der Waals surface area contributed by atoms with E-state index in [0.717, 1.165) is 19.5 Å². The monoisotopic (exact) mass is 403 g/mol. The lowest BCUT2D eigenvalue weighted by Crippen LogP contribution is -2.28. The second-order valence-electron chi connectivity index (χ2n) is 7.34. The van der Waals surface area contributed by atoms with Crippen molar-refractivity contribution < 1.29 is 0 Å². The maximum Gasteiger partial charge on any atom is 0.0652 e. The van der Waals surface area contributed by atoms with Crippen LogP contribution in [0.3, 0.4) is 0 Å². The van der Waals surface area contributed by atoms with Gasteiger partial charge in [-0.15, -0.1) is 11.3 Å². The first-order chi connectivity index (χ1) is 13.7. The maximum atomic E-state index is 5.33. The van der Waals surface area contributed by atoms with Crippen LogP contribution in [0.25, 0.3) is 10.1 Å². The Morgan fingerprint density at radius 1 is 0.857 bits per heavy atom. The minimum atomic E-state index is -0.323. The second kappa shape index (κ2) is 8.52. The summed E-state index contributed by atoms with van der Waals surface area (Å²) < 4.78 is 1.02. The Hall–Kier alpha value is -2.07. The molecule has 142 valence electrons. The highest BCUT2D eigenvalue weighted by Crippen LogP contribution is 2.44. The SMILES string of the molecule is CN(CCC(S)(c1ccccc1)c1cccc2ccsc12)Cc1ccccc1. The molecule has 1 heterocycles. The average Bonchev–Trinajstić information content (AvgIpc) is 3.22. The van der Waals surface area contributed by atoms with Crippen LogP contribution >= 0.6 is 24.0 Å². The summed E-state index contributed by atoms with van der Waals surface area (Å²) in [6, 6.07) is 30.2. The predicted octanol–water partition coefficient (Wildman–Crippen LogP) is 6.60. The van der Waals surface area contributed by atoms with E-state index in [9.17, 15) is 0 Å². The zero-order valence-corrected chi connectivity index (χ0v) is 17.8. The van der Waals surface area contributed by atoms with Gasteiger partial charge in [-0.25, -0.2) is 0 Å². The van der Waals surface area contributed by atoms with Gasteiger partial charge < -0.3 is 4.90 Å². The third kappa shape index (κ3) is 4.02. The van der Waals surface area contributed by atoms with E-state index in [1.54, 1.807) is 0 Å². The van der Waals surface area contributed by atoms with Crippen LogP contribution < -0.4 is 0 Å². The fourth-order valence-electron chi connectivity index (χ4n) is 3.79. The van der Waals surface area contributed by atoms with E-state index >= 15 is 0 Å². The lowest BCUT2D eigenvalue weighted by molar-refractivity contribution is 0.312. The fraction of sp³-hybridized carbons (Fsp3) is 0.200. The molecule has 0 saturated carbocycles. The number of rotatable bonds is 7. The van der Waals surface area contributed by atoms with Gasteiger partial charge in [-0.2, -0.15) is 12.6 Å². The molecule has 0 saturated heterocycles. The number of nitrogens with zero attached hydrogens (tertiary/aromatic N) is 1. The van der Waals surface area contributed by atoms with Gasteiger partial charge in [0.2, 0.25) is 0 Å². The quantitative estimate of drug-likeness (QED) is 0.340. The van der Waals surface area contributed by atoms with Gasteiger partial charge in [0.15, 0.2) is 0 Å². The number of thiol groups is 1. The molecule has 0 aliphatic carbocycles. The van der Waals surface area contributed by atoms with Gasteiger partial charge in [-0.1, -0.05) is 78.9 Å². The standard InChI is InChI=1S/C25H25NS2/c1-26(19-20-9-4-2-5-10-20)17-16-25(27,22-12-6-3-7-13-22)23-14-8-11-21-15-18-28-24(21)23/h2-15,18,27H,16-17,19H2,1H3. The molecule has 3 aromatic carbocycles. The van der Waals surface area contributed by atoms with Gasteiger partial charge in [-0.05, 0) is 47.0 Å². The van der Waals surface area contributed by atoms with Crippen molar-refractivity contribution in [3.8, 4) is 0 Å². The summed E-state index contributed by atoms with van der Waals surface area (Å²) in [6.07, 6.45) is 0.945. The van der Waals surface area contributed by atoms with Gasteiger partial charge in [0.1, 0.15) is 0 Å². The molecule has 4 aromatic rings. The zero-order valence-electron chi connectivity index (χ0n) is 16.1. The molecule has 1 nitrogen and oxygen atoms in total. The van der Waals surface area contributed by atoms with Crippen LogP contribution in [0.2, 0.25) is 0 Å². The van der Waals surface area contributed by atoms with E-state index in [1.807, 2.05) is 11.3 Å². The van der Waals surface area contributed by atoms with Crippen molar-refractivity contribution in [1.82, 2.24) is 4.90 Å². The molecule has 0 bridgehead atoms. The number of benzene rings is 3. The Morgan fingerprint density at radius 3 is 2.32 bits per heavy atom. The number of hydrogen-bond acceptors (Lipinski definition) is 3. The second-order valence-corrected chi connectivity index (χ2v) is 9.02. The summed E-state index contributed by atoms with van der Waals surface area (Å²) in [5.41, 5.74) is 3.91. The first-order valence-electron chi connectivity index (χ1n) is 9.64. The van der Waals surface area contributed by atoms with Crippen molar-refractivity contribution >= 4 is 34.1 Å². The molecule has 3 heteroatoms. The molecule has 0 spiro atoms. The Morgan fingerprint density at radius 2 is 1.57 bits per heavy atom. The molecule has 0 fully saturated rings. The molecule has 0 aliphatic rings. The van der Waals surface area contributed by atoms with Crippen molar-refractivity contribution in [2.24, 2.45) is 0 Å². The molecule has 1 aromatic heterocycles. The maximum absolute atomic E-state index is 5.33. The summed E-state index contributed by atoms with van der Waals surface area (Å²) in [7, 11) is 2.19. The third-order valence-corrected chi connectivity index (χ3v) is 7.01. The van der Waals surface area contributed by atoms with E-state index in [2.05, 4.69) is 102 Å². The lowest BCUT2D eigenvalue weighted by atomic mass is 9.86. The van der Waals surface area contributed by atoms with Crippen LogP contribution in [0.1, 0.15) is 23.1 Å². The topological polar surface area (TPSA) is 3.24 Å². The van der Waals surface area contributed by atoms with Crippen LogP contribution in [-0.2, 0) is 11.3 Å². The number of fused-ring (bicyclic) bond motifs is 1. The molecule has 0 amide bonds. The summed E-state index contributed by atoms with van der Waals surface area (Å²) in [5.74, 6) is 0. The highest BCUT2D eigenvalue weighted by molar-refractivity contribution is 7.81.